The first-order chi connectivity index (χ1) is 21.3. The lowest BCUT2D eigenvalue weighted by molar-refractivity contribution is -0.118. The monoisotopic (exact) mass is 598 g/mol. The van der Waals surface area contributed by atoms with Crippen molar-refractivity contribution in [3.63, 3.8) is 0 Å². The highest BCUT2D eigenvalue weighted by atomic mass is 16.2. The molecule has 6 N–H and O–H groups in total. The maximum Gasteiger partial charge on any atom is 0.251 e. The van der Waals surface area contributed by atoms with E-state index in [-0.39, 0.29) is 41.9 Å². The lowest BCUT2D eigenvalue weighted by atomic mass is 9.91. The van der Waals surface area contributed by atoms with E-state index >= 15 is 0 Å². The molecule has 3 amide bonds. The third-order valence-corrected chi connectivity index (χ3v) is 7.46. The molecule has 0 saturated heterocycles. The molecule has 44 heavy (non-hydrogen) atoms. The zero-order chi connectivity index (χ0) is 31.7. The smallest absolute Gasteiger partial charge is 0.251 e. The fraction of sp³-hybridized carbons (Fsp3) is 0.371. The first-order valence-corrected chi connectivity index (χ1v) is 15.3. The second-order valence-electron chi connectivity index (χ2n) is 11.3. The minimum absolute atomic E-state index is 0.0288. The minimum Gasteiger partial charge on any atom is -0.350 e. The highest BCUT2D eigenvalue weighted by Crippen LogP contribution is 2.25. The van der Waals surface area contributed by atoms with E-state index in [1.54, 1.807) is 31.2 Å². The van der Waals surface area contributed by atoms with Crippen molar-refractivity contribution in [2.24, 2.45) is 5.73 Å². The molecule has 0 aliphatic carbocycles. The second kappa shape index (κ2) is 18.4. The van der Waals surface area contributed by atoms with Crippen LogP contribution in [0.2, 0.25) is 0 Å². The number of rotatable bonds is 19. The van der Waals surface area contributed by atoms with Crippen LogP contribution < -0.4 is 21.7 Å². The quantitative estimate of drug-likeness (QED) is 0.102. The Morgan fingerprint density at radius 1 is 0.932 bits per heavy atom. The molecule has 0 spiro atoms. The van der Waals surface area contributed by atoms with E-state index in [1.807, 2.05) is 41.3 Å². The number of carbonyl (C=O) groups excluding carboxylic acids is 3. The summed E-state index contributed by atoms with van der Waals surface area (Å²) >= 11 is 0. The van der Waals surface area contributed by atoms with E-state index < -0.39 is 0 Å². The molecule has 0 radical (unpaired) electrons. The van der Waals surface area contributed by atoms with E-state index in [2.05, 4.69) is 47.1 Å². The maximum atomic E-state index is 13.0. The van der Waals surface area contributed by atoms with Crippen molar-refractivity contribution in [1.82, 2.24) is 15.5 Å². The van der Waals surface area contributed by atoms with Gasteiger partial charge in [0.1, 0.15) is 0 Å². The van der Waals surface area contributed by atoms with Gasteiger partial charge >= 0.3 is 0 Å². The molecule has 0 aliphatic rings. The fourth-order valence-electron chi connectivity index (χ4n) is 5.14. The first-order valence-electron chi connectivity index (χ1n) is 15.3. The molecule has 234 valence electrons. The van der Waals surface area contributed by atoms with Crippen molar-refractivity contribution in [3.05, 3.63) is 102 Å². The number of carbonyl (C=O) groups is 3. The number of hydrogen-bond acceptors (Lipinski definition) is 6. The predicted molar refractivity (Wildman–Crippen MR) is 177 cm³/mol. The van der Waals surface area contributed by atoms with Gasteiger partial charge in [-0.1, -0.05) is 60.7 Å². The lowest BCUT2D eigenvalue weighted by Crippen LogP contribution is -2.46. The molecular formula is C35H46N6O3. The van der Waals surface area contributed by atoms with Crippen molar-refractivity contribution < 1.29 is 14.4 Å². The van der Waals surface area contributed by atoms with Gasteiger partial charge in [0.05, 0.1) is 6.42 Å². The number of hydrogen-bond donors (Lipinski definition) is 5. The summed E-state index contributed by atoms with van der Waals surface area (Å²) in [7, 11) is 0. The number of benzene rings is 3. The van der Waals surface area contributed by atoms with E-state index in [0.29, 0.717) is 43.9 Å². The van der Waals surface area contributed by atoms with Crippen LogP contribution in [0.5, 0.6) is 0 Å². The molecule has 0 fully saturated rings. The Morgan fingerprint density at radius 3 is 2.09 bits per heavy atom. The Bertz CT molecular complexity index is 1280. The molecule has 0 saturated carbocycles. The van der Waals surface area contributed by atoms with Crippen LogP contribution in [0.25, 0.3) is 0 Å². The predicted octanol–water partition coefficient (Wildman–Crippen LogP) is 4.55. The van der Waals surface area contributed by atoms with Crippen LogP contribution >= 0.6 is 0 Å². The topological polar surface area (TPSA) is 140 Å². The molecule has 9 nitrogen and oxygen atoms in total. The van der Waals surface area contributed by atoms with Crippen LogP contribution in [0.3, 0.4) is 0 Å². The van der Waals surface area contributed by atoms with Crippen molar-refractivity contribution in [1.29, 1.82) is 5.41 Å². The van der Waals surface area contributed by atoms with Crippen LogP contribution in [-0.2, 0) is 9.59 Å². The molecule has 9 heteroatoms. The van der Waals surface area contributed by atoms with Gasteiger partial charge in [0.15, 0.2) is 0 Å². The number of nitrogens with zero attached hydrogens (tertiary/aromatic N) is 1. The van der Waals surface area contributed by atoms with Crippen LogP contribution in [0.15, 0.2) is 84.9 Å². The van der Waals surface area contributed by atoms with Gasteiger partial charge < -0.3 is 32.0 Å². The van der Waals surface area contributed by atoms with Crippen LogP contribution in [0, 0.1) is 5.41 Å². The summed E-state index contributed by atoms with van der Waals surface area (Å²) in [5.74, 6) is -0.449. The Morgan fingerprint density at radius 2 is 1.55 bits per heavy atom. The standard InChI is InChI=1S/C35H46N6O3/c1-26(37)22-34(43)40-31-17-15-30(16-18-31)35(44)38-23-32(39-27(2)10-9-20-36)19-21-41(25-42)24-33(28-11-5-3-6-12-28)29-13-7-4-8-14-29/h3-8,11-18,25,27,32-33,37,39H,9-10,19-24,36H2,1-2H3,(H,38,44)(H,40,43). The van der Waals surface area contributed by atoms with Gasteiger partial charge in [0.2, 0.25) is 12.3 Å². The largest absolute Gasteiger partial charge is 0.350 e. The van der Waals surface area contributed by atoms with E-state index in [4.69, 9.17) is 11.1 Å². The van der Waals surface area contributed by atoms with Gasteiger partial charge in [-0.05, 0) is 75.0 Å². The Hall–Kier alpha value is -4.34. The van der Waals surface area contributed by atoms with E-state index in [0.717, 1.165) is 30.4 Å². The lowest BCUT2D eigenvalue weighted by Gasteiger charge is -2.29. The van der Waals surface area contributed by atoms with Crippen molar-refractivity contribution in [2.75, 3.05) is 31.5 Å². The number of nitrogens with one attached hydrogen (secondary N) is 4. The highest BCUT2D eigenvalue weighted by molar-refractivity contribution is 6.04. The molecule has 2 atom stereocenters. The summed E-state index contributed by atoms with van der Waals surface area (Å²) in [5.41, 5.74) is 9.35. The number of amides is 3. The van der Waals surface area contributed by atoms with Crippen LogP contribution in [-0.4, -0.2) is 67.1 Å². The molecule has 2 unspecified atom stereocenters. The molecular weight excluding hydrogens is 552 g/mol. The van der Waals surface area contributed by atoms with E-state index in [9.17, 15) is 14.4 Å². The summed E-state index contributed by atoms with van der Waals surface area (Å²) in [4.78, 5) is 39.0. The Kier molecular flexibility index (Phi) is 14.2. The Balaban J connectivity index is 1.64. The zero-order valence-electron chi connectivity index (χ0n) is 25.8. The summed E-state index contributed by atoms with van der Waals surface area (Å²) in [6, 6.07) is 27.2. The molecule has 0 aromatic heterocycles. The van der Waals surface area contributed by atoms with Crippen molar-refractivity contribution in [3.8, 4) is 0 Å². The van der Waals surface area contributed by atoms with Crippen LogP contribution in [0.4, 0.5) is 5.69 Å². The van der Waals surface area contributed by atoms with Gasteiger partial charge in [-0.15, -0.1) is 0 Å². The van der Waals surface area contributed by atoms with Crippen molar-refractivity contribution in [2.45, 2.75) is 57.5 Å². The number of anilines is 1. The number of nitrogens with two attached hydrogens (primary N) is 1. The fourth-order valence-corrected chi connectivity index (χ4v) is 5.14. The van der Waals surface area contributed by atoms with Crippen LogP contribution in [0.1, 0.15) is 66.9 Å². The minimum atomic E-state index is -0.268. The molecule has 0 heterocycles. The molecule has 3 rings (SSSR count). The molecule has 0 aliphatic heterocycles. The summed E-state index contributed by atoms with van der Waals surface area (Å²) in [6.07, 6.45) is 3.40. The zero-order valence-corrected chi connectivity index (χ0v) is 25.8. The Labute approximate surface area is 261 Å². The van der Waals surface area contributed by atoms with E-state index in [1.165, 1.54) is 0 Å². The molecule has 3 aromatic rings. The third kappa shape index (κ3) is 11.7. The average molecular weight is 599 g/mol. The summed E-state index contributed by atoms with van der Waals surface area (Å²) < 4.78 is 0. The molecule has 3 aromatic carbocycles. The summed E-state index contributed by atoms with van der Waals surface area (Å²) in [5, 5.41) is 16.8. The first kappa shape index (κ1) is 34.2. The highest BCUT2D eigenvalue weighted by Gasteiger charge is 2.20. The average Bonchev–Trinajstić information content (AvgIpc) is 3.03. The van der Waals surface area contributed by atoms with Crippen molar-refractivity contribution >= 4 is 29.6 Å². The maximum absolute atomic E-state index is 13.0. The summed E-state index contributed by atoms with van der Waals surface area (Å²) in [6.45, 7) is 5.76. The van der Waals surface area contributed by atoms with Gasteiger partial charge in [-0.25, -0.2) is 0 Å². The van der Waals surface area contributed by atoms with Gasteiger partial charge in [0.25, 0.3) is 5.91 Å². The van der Waals surface area contributed by atoms with Gasteiger partial charge in [-0.2, -0.15) is 0 Å². The van der Waals surface area contributed by atoms with Gasteiger partial charge in [-0.3, -0.25) is 14.4 Å². The van der Waals surface area contributed by atoms with Gasteiger partial charge in [0, 0.05) is 54.6 Å². The second-order valence-corrected chi connectivity index (χ2v) is 11.3. The normalized spacial score (nSPS) is 12.3. The SMILES string of the molecule is CC(=N)CC(=O)Nc1ccc(C(=O)NCC(CCN(C=O)CC(c2ccccc2)c2ccccc2)NC(C)CCCN)cc1. The third-order valence-electron chi connectivity index (χ3n) is 7.46. The molecule has 0 bridgehead atoms.